The minimum Gasteiger partial charge on any atom is -0.457 e. The lowest BCUT2D eigenvalue weighted by atomic mass is 10.1. The van der Waals surface area contributed by atoms with Crippen LogP contribution in [0.3, 0.4) is 0 Å². The van der Waals surface area contributed by atoms with Crippen LogP contribution in [0.4, 0.5) is 10.5 Å². The van der Waals surface area contributed by atoms with Gasteiger partial charge in [0.1, 0.15) is 17.5 Å². The van der Waals surface area contributed by atoms with Gasteiger partial charge in [0.25, 0.3) is 0 Å². The van der Waals surface area contributed by atoms with Crippen molar-refractivity contribution in [2.45, 2.75) is 52.1 Å². The molecule has 42 heavy (non-hydrogen) atoms. The summed E-state index contributed by atoms with van der Waals surface area (Å²) in [7, 11) is -4.04. The lowest BCUT2D eigenvalue weighted by Crippen LogP contribution is -2.37. The van der Waals surface area contributed by atoms with Crippen molar-refractivity contribution in [1.82, 2.24) is 10.3 Å². The molecular weight excluding hydrogens is 554 g/mol. The van der Waals surface area contributed by atoms with E-state index in [1.807, 2.05) is 26.0 Å². The summed E-state index contributed by atoms with van der Waals surface area (Å²) >= 11 is 0. The largest absolute Gasteiger partial charge is 0.457 e. The number of aromatic nitrogens is 1. The number of esters is 1. The number of carbonyl (C=O) groups is 2. The van der Waals surface area contributed by atoms with Crippen molar-refractivity contribution in [2.75, 3.05) is 11.3 Å². The van der Waals surface area contributed by atoms with Crippen molar-refractivity contribution in [3.63, 3.8) is 0 Å². The van der Waals surface area contributed by atoms with Crippen LogP contribution in [-0.2, 0) is 26.1 Å². The number of hydrogen-bond donors (Lipinski definition) is 2. The Balaban J connectivity index is 1.53. The van der Waals surface area contributed by atoms with Crippen molar-refractivity contribution in [3.05, 3.63) is 107 Å². The Kier molecular flexibility index (Phi) is 9.16. The molecule has 4 rings (SSSR count). The van der Waals surface area contributed by atoms with Crippen molar-refractivity contribution in [3.8, 4) is 0 Å². The Morgan fingerprint density at radius 1 is 0.929 bits per heavy atom. The SMILES string of the molecule is Cc1ccc(C(=O)OCc2ccc(C(CNC(=O)OC(C)(C)C)S(=O)(=O)Nc3ccc4cnccc4c3)cc2)c(C)c1. The maximum atomic E-state index is 13.7. The van der Waals surface area contributed by atoms with Crippen LogP contribution in [0.25, 0.3) is 10.8 Å². The minimum atomic E-state index is -4.04. The Morgan fingerprint density at radius 3 is 2.36 bits per heavy atom. The Hall–Kier alpha value is -4.44. The molecule has 1 amide bonds. The number of carbonyl (C=O) groups excluding carboxylic acids is 2. The minimum absolute atomic E-state index is 0.0181. The first-order valence-electron chi connectivity index (χ1n) is 13.5. The molecule has 2 N–H and O–H groups in total. The number of hydrogen-bond acceptors (Lipinski definition) is 7. The average molecular weight is 590 g/mol. The highest BCUT2D eigenvalue weighted by Gasteiger charge is 2.29. The number of fused-ring (bicyclic) bond motifs is 1. The monoisotopic (exact) mass is 589 g/mol. The lowest BCUT2D eigenvalue weighted by molar-refractivity contribution is 0.0470. The molecule has 0 fully saturated rings. The molecule has 0 saturated carbocycles. The second-order valence-electron chi connectivity index (χ2n) is 11.1. The van der Waals surface area contributed by atoms with Crippen molar-refractivity contribution >= 4 is 38.5 Å². The van der Waals surface area contributed by atoms with Gasteiger partial charge in [-0.15, -0.1) is 0 Å². The van der Waals surface area contributed by atoms with E-state index >= 15 is 0 Å². The van der Waals surface area contributed by atoms with Gasteiger partial charge < -0.3 is 14.8 Å². The van der Waals surface area contributed by atoms with E-state index in [1.54, 1.807) is 87.8 Å². The van der Waals surface area contributed by atoms with Gasteiger partial charge in [0.2, 0.25) is 10.0 Å². The van der Waals surface area contributed by atoms with Gasteiger partial charge in [0, 0.05) is 30.0 Å². The number of sulfonamides is 1. The molecule has 0 aliphatic heterocycles. The highest BCUT2D eigenvalue weighted by atomic mass is 32.2. The number of benzene rings is 3. The summed E-state index contributed by atoms with van der Waals surface area (Å²) in [6.07, 6.45) is 2.60. The van der Waals surface area contributed by atoms with Crippen LogP contribution >= 0.6 is 0 Å². The van der Waals surface area contributed by atoms with Crippen molar-refractivity contribution in [2.24, 2.45) is 0 Å². The molecule has 1 heterocycles. The van der Waals surface area contributed by atoms with E-state index in [4.69, 9.17) is 9.47 Å². The first-order chi connectivity index (χ1) is 19.8. The normalized spacial score (nSPS) is 12.4. The van der Waals surface area contributed by atoms with E-state index in [-0.39, 0.29) is 13.2 Å². The molecule has 0 aliphatic rings. The maximum absolute atomic E-state index is 13.7. The second kappa shape index (κ2) is 12.6. The van der Waals surface area contributed by atoms with E-state index < -0.39 is 32.9 Å². The first kappa shape index (κ1) is 30.5. The van der Waals surface area contributed by atoms with Gasteiger partial charge in [-0.05, 0) is 81.0 Å². The zero-order chi connectivity index (χ0) is 30.5. The predicted octanol–water partition coefficient (Wildman–Crippen LogP) is 6.22. The van der Waals surface area contributed by atoms with Crippen LogP contribution in [0.1, 0.15) is 58.6 Å². The molecule has 1 unspecified atom stereocenters. The number of nitrogens with one attached hydrogen (secondary N) is 2. The predicted molar refractivity (Wildman–Crippen MR) is 163 cm³/mol. The van der Waals surface area contributed by atoms with Crippen molar-refractivity contribution in [1.29, 1.82) is 0 Å². The molecule has 3 aromatic carbocycles. The summed E-state index contributed by atoms with van der Waals surface area (Å²) < 4.78 is 40.8. The molecule has 1 aromatic heterocycles. The fourth-order valence-electron chi connectivity index (χ4n) is 4.38. The fourth-order valence-corrected chi connectivity index (χ4v) is 5.79. The second-order valence-corrected chi connectivity index (χ2v) is 13.0. The van der Waals surface area contributed by atoms with Gasteiger partial charge in [-0.25, -0.2) is 18.0 Å². The summed E-state index contributed by atoms with van der Waals surface area (Å²) in [5.74, 6) is -0.436. The van der Waals surface area contributed by atoms with Gasteiger partial charge in [0.05, 0.1) is 5.56 Å². The van der Waals surface area contributed by atoms with E-state index in [9.17, 15) is 18.0 Å². The highest BCUT2D eigenvalue weighted by Crippen LogP contribution is 2.27. The molecule has 9 nitrogen and oxygen atoms in total. The van der Waals surface area contributed by atoms with Crippen LogP contribution in [-0.4, -0.2) is 37.6 Å². The van der Waals surface area contributed by atoms with Gasteiger partial charge in [-0.1, -0.05) is 48.0 Å². The van der Waals surface area contributed by atoms with Crippen LogP contribution in [0, 0.1) is 13.8 Å². The maximum Gasteiger partial charge on any atom is 0.407 e. The summed E-state index contributed by atoms with van der Waals surface area (Å²) in [6, 6.07) is 19.2. The summed E-state index contributed by atoms with van der Waals surface area (Å²) in [4.78, 5) is 29.1. The molecule has 4 aromatic rings. The van der Waals surface area contributed by atoms with E-state index in [0.717, 1.165) is 21.9 Å². The number of ether oxygens (including phenoxy) is 2. The van der Waals surface area contributed by atoms with Gasteiger partial charge in [0.15, 0.2) is 0 Å². The average Bonchev–Trinajstić information content (AvgIpc) is 2.91. The number of pyridine rings is 1. The molecule has 0 bridgehead atoms. The molecule has 0 radical (unpaired) electrons. The summed E-state index contributed by atoms with van der Waals surface area (Å²) in [5.41, 5.74) is 3.14. The van der Waals surface area contributed by atoms with E-state index in [2.05, 4.69) is 15.0 Å². The van der Waals surface area contributed by atoms with E-state index in [0.29, 0.717) is 22.4 Å². The van der Waals surface area contributed by atoms with Crippen LogP contribution < -0.4 is 10.0 Å². The third-order valence-corrected chi connectivity index (χ3v) is 8.14. The summed E-state index contributed by atoms with van der Waals surface area (Å²) in [6.45, 7) is 8.77. The Morgan fingerprint density at radius 2 is 1.67 bits per heavy atom. The number of alkyl carbamates (subject to hydrolysis) is 1. The molecule has 10 heteroatoms. The fraction of sp³-hybridized carbons (Fsp3) is 0.281. The molecular formula is C32H35N3O6S. The van der Waals surface area contributed by atoms with Crippen LogP contribution in [0.15, 0.2) is 79.1 Å². The Labute approximate surface area is 246 Å². The lowest BCUT2D eigenvalue weighted by Gasteiger charge is -2.23. The van der Waals surface area contributed by atoms with Gasteiger partial charge in [-0.3, -0.25) is 9.71 Å². The molecule has 0 spiro atoms. The standard InChI is InChI=1S/C32H35N3O6S/c1-21-6-13-28(22(2)16-21)30(36)40-20-23-7-9-24(10-8-23)29(19-34-31(37)41-32(3,4)5)42(38,39)35-27-12-11-26-18-33-15-14-25(26)17-27/h6-18,29,35H,19-20H2,1-5H3,(H,34,37). The third-order valence-electron chi connectivity index (χ3n) is 6.43. The third kappa shape index (κ3) is 8.07. The smallest absolute Gasteiger partial charge is 0.407 e. The molecule has 0 aliphatic carbocycles. The molecule has 1 atom stereocenters. The quantitative estimate of drug-likeness (QED) is 0.222. The zero-order valence-corrected chi connectivity index (χ0v) is 25.1. The highest BCUT2D eigenvalue weighted by molar-refractivity contribution is 7.93. The van der Waals surface area contributed by atoms with Gasteiger partial charge in [-0.2, -0.15) is 0 Å². The molecule has 0 saturated heterocycles. The summed E-state index contributed by atoms with van der Waals surface area (Å²) in [5, 5.41) is 3.14. The molecule has 220 valence electrons. The van der Waals surface area contributed by atoms with E-state index in [1.165, 1.54) is 0 Å². The number of amides is 1. The van der Waals surface area contributed by atoms with Crippen molar-refractivity contribution < 1.29 is 27.5 Å². The van der Waals surface area contributed by atoms with Crippen LogP contribution in [0.5, 0.6) is 0 Å². The Bertz CT molecular complexity index is 1700. The number of aryl methyl sites for hydroxylation is 2. The zero-order valence-electron chi connectivity index (χ0n) is 24.3. The van der Waals surface area contributed by atoms with Gasteiger partial charge >= 0.3 is 12.1 Å². The number of anilines is 1. The first-order valence-corrected chi connectivity index (χ1v) is 15.0. The topological polar surface area (TPSA) is 124 Å². The number of nitrogens with zero attached hydrogens (tertiary/aromatic N) is 1. The van der Waals surface area contributed by atoms with Crippen LogP contribution in [0.2, 0.25) is 0 Å². The number of rotatable bonds is 9.